The highest BCUT2D eigenvalue weighted by atomic mass is 16.5. The summed E-state index contributed by atoms with van der Waals surface area (Å²) in [7, 11) is 0. The zero-order valence-corrected chi connectivity index (χ0v) is 26.6. The number of carbonyl (C=O) groups is 2. The maximum absolute atomic E-state index is 13.3. The number of esters is 1. The van der Waals surface area contributed by atoms with E-state index >= 15 is 0 Å². The molecule has 2 aromatic carbocycles. The van der Waals surface area contributed by atoms with Gasteiger partial charge in [0.1, 0.15) is 19.0 Å². The summed E-state index contributed by atoms with van der Waals surface area (Å²) in [5.74, 6) is 0.0949. The molecule has 1 heterocycles. The van der Waals surface area contributed by atoms with Gasteiger partial charge in [0.25, 0.3) is 5.91 Å². The van der Waals surface area contributed by atoms with Crippen LogP contribution in [0.15, 0.2) is 84.5 Å². The van der Waals surface area contributed by atoms with Crippen LogP contribution < -0.4 is 10.1 Å². The lowest BCUT2D eigenvalue weighted by Crippen LogP contribution is -2.32. The molecule has 3 aromatic rings. The summed E-state index contributed by atoms with van der Waals surface area (Å²) in [6.07, 6.45) is 9.91. The highest BCUT2D eigenvalue weighted by Gasteiger charge is 2.22. The predicted molar refractivity (Wildman–Crippen MR) is 174 cm³/mol. The summed E-state index contributed by atoms with van der Waals surface area (Å²) >= 11 is 0. The largest absolute Gasteiger partial charge is 0.485 e. The molecule has 7 heteroatoms. The highest BCUT2D eigenvalue weighted by Crippen LogP contribution is 2.31. The molecule has 0 aliphatic heterocycles. The van der Waals surface area contributed by atoms with Crippen molar-refractivity contribution in [1.29, 1.82) is 0 Å². The van der Waals surface area contributed by atoms with Crippen molar-refractivity contribution in [3.8, 4) is 5.75 Å². The van der Waals surface area contributed by atoms with Crippen LogP contribution in [0.4, 0.5) is 0 Å². The van der Waals surface area contributed by atoms with E-state index in [1.54, 1.807) is 13.8 Å². The molecule has 0 radical (unpaired) electrons. The molecule has 1 N–H and O–H groups in total. The van der Waals surface area contributed by atoms with Crippen LogP contribution in [0.25, 0.3) is 5.57 Å². The van der Waals surface area contributed by atoms with Crippen molar-refractivity contribution in [1.82, 2.24) is 15.3 Å². The molecular weight excluding hydrogens is 550 g/mol. The number of allylic oxidation sites excluding steroid dienone is 6. The van der Waals surface area contributed by atoms with Gasteiger partial charge in [-0.3, -0.25) is 9.59 Å². The molecule has 4 rings (SSSR count). The monoisotopic (exact) mass is 593 g/mol. The molecule has 0 spiro atoms. The molecule has 7 nitrogen and oxygen atoms in total. The first-order valence-electron chi connectivity index (χ1n) is 15.2. The first kappa shape index (κ1) is 32.4. The van der Waals surface area contributed by atoms with Gasteiger partial charge >= 0.3 is 5.97 Å². The summed E-state index contributed by atoms with van der Waals surface area (Å²) in [6.45, 7) is 12.7. The Morgan fingerprint density at radius 2 is 1.73 bits per heavy atom. The van der Waals surface area contributed by atoms with E-state index in [1.807, 2.05) is 30.3 Å². The van der Waals surface area contributed by atoms with Crippen molar-refractivity contribution >= 4 is 17.4 Å². The van der Waals surface area contributed by atoms with Crippen LogP contribution in [0.3, 0.4) is 0 Å². The van der Waals surface area contributed by atoms with Crippen LogP contribution in [-0.4, -0.2) is 35.0 Å². The summed E-state index contributed by atoms with van der Waals surface area (Å²) in [6, 6.07) is 18.5. The second kappa shape index (κ2) is 14.8. The fraction of sp³-hybridized carbons (Fsp3) is 0.351. The molecule has 44 heavy (non-hydrogen) atoms. The first-order valence-corrected chi connectivity index (χ1v) is 15.2. The summed E-state index contributed by atoms with van der Waals surface area (Å²) in [5.41, 5.74) is 6.50. The van der Waals surface area contributed by atoms with Crippen molar-refractivity contribution in [2.75, 3.05) is 13.2 Å². The summed E-state index contributed by atoms with van der Waals surface area (Å²) in [5, 5.41) is 2.62. The van der Waals surface area contributed by atoms with Crippen LogP contribution in [0.2, 0.25) is 0 Å². The maximum atomic E-state index is 13.3. The van der Waals surface area contributed by atoms with Gasteiger partial charge in [-0.1, -0.05) is 107 Å². The minimum Gasteiger partial charge on any atom is -0.485 e. The van der Waals surface area contributed by atoms with E-state index in [2.05, 4.69) is 86.6 Å². The molecule has 1 aliphatic rings. The average molecular weight is 594 g/mol. The number of rotatable bonds is 10. The van der Waals surface area contributed by atoms with Crippen LogP contribution in [0.5, 0.6) is 5.75 Å². The molecule has 0 saturated heterocycles. The Labute approximate surface area is 261 Å². The van der Waals surface area contributed by atoms with Crippen LogP contribution in [0, 0.1) is 12.8 Å². The van der Waals surface area contributed by atoms with Gasteiger partial charge in [0.05, 0.1) is 12.3 Å². The van der Waals surface area contributed by atoms with Crippen molar-refractivity contribution in [3.63, 3.8) is 0 Å². The minimum atomic E-state index is -0.523. The average Bonchev–Trinajstić information content (AvgIpc) is 2.98. The fourth-order valence-electron chi connectivity index (χ4n) is 5.02. The molecular formula is C37H43N3O4. The Kier molecular flexibility index (Phi) is 10.9. The third-order valence-corrected chi connectivity index (χ3v) is 7.50. The van der Waals surface area contributed by atoms with Gasteiger partial charge in [-0.25, -0.2) is 9.97 Å². The van der Waals surface area contributed by atoms with Crippen molar-refractivity contribution in [3.05, 3.63) is 118 Å². The van der Waals surface area contributed by atoms with Gasteiger partial charge in [0, 0.05) is 6.42 Å². The first-order chi connectivity index (χ1) is 21.0. The van der Waals surface area contributed by atoms with Gasteiger partial charge in [-0.15, -0.1) is 0 Å². The molecule has 230 valence electrons. The SMILES string of the molecule is CCOC(=O)CNC(=O)c1nc(CC2=CC=C(c3ccc(C(C)(C)C)cc3)C(C)CC=C2)nc(C)c1OCc1ccccc1. The smallest absolute Gasteiger partial charge is 0.325 e. The maximum Gasteiger partial charge on any atom is 0.325 e. The lowest BCUT2D eigenvalue weighted by molar-refractivity contribution is -0.141. The Balaban J connectivity index is 1.62. The number of hydrogen-bond acceptors (Lipinski definition) is 6. The molecule has 1 unspecified atom stereocenters. The molecule has 0 saturated carbocycles. The second-order valence-electron chi connectivity index (χ2n) is 12.1. The van der Waals surface area contributed by atoms with Gasteiger partial charge in [0.15, 0.2) is 11.4 Å². The lowest BCUT2D eigenvalue weighted by Gasteiger charge is -2.21. The molecule has 0 fully saturated rings. The molecule has 1 amide bonds. The fourth-order valence-corrected chi connectivity index (χ4v) is 5.02. The van der Waals surface area contributed by atoms with Crippen molar-refractivity contribution < 1.29 is 19.1 Å². The molecule has 1 aromatic heterocycles. The van der Waals surface area contributed by atoms with E-state index in [0.717, 1.165) is 17.6 Å². The molecule has 1 atom stereocenters. The van der Waals surface area contributed by atoms with E-state index in [-0.39, 0.29) is 36.6 Å². The van der Waals surface area contributed by atoms with Crippen LogP contribution >= 0.6 is 0 Å². The zero-order chi connectivity index (χ0) is 31.7. The Morgan fingerprint density at radius 1 is 1.00 bits per heavy atom. The van der Waals surface area contributed by atoms with E-state index in [1.165, 1.54) is 16.7 Å². The Hall–Kier alpha value is -4.52. The summed E-state index contributed by atoms with van der Waals surface area (Å²) < 4.78 is 11.0. The van der Waals surface area contributed by atoms with Crippen molar-refractivity contribution in [2.45, 2.75) is 66.4 Å². The number of nitrogens with zero attached hydrogens (tertiary/aromatic N) is 2. The van der Waals surface area contributed by atoms with E-state index in [9.17, 15) is 9.59 Å². The zero-order valence-electron chi connectivity index (χ0n) is 26.6. The van der Waals surface area contributed by atoms with Gasteiger partial charge in [-0.2, -0.15) is 0 Å². The van der Waals surface area contributed by atoms with Crippen LogP contribution in [-0.2, 0) is 28.0 Å². The molecule has 0 bridgehead atoms. The normalized spacial score (nSPS) is 15.0. The van der Waals surface area contributed by atoms with Gasteiger partial charge in [-0.05, 0) is 59.4 Å². The predicted octanol–water partition coefficient (Wildman–Crippen LogP) is 7.10. The number of nitrogens with one attached hydrogen (secondary N) is 1. The number of benzene rings is 2. The van der Waals surface area contributed by atoms with E-state index in [0.29, 0.717) is 23.9 Å². The third-order valence-electron chi connectivity index (χ3n) is 7.50. The highest BCUT2D eigenvalue weighted by molar-refractivity contribution is 5.96. The number of aryl methyl sites for hydroxylation is 1. The summed E-state index contributed by atoms with van der Waals surface area (Å²) in [4.78, 5) is 34.6. The second-order valence-corrected chi connectivity index (χ2v) is 12.1. The Morgan fingerprint density at radius 3 is 2.41 bits per heavy atom. The van der Waals surface area contributed by atoms with E-state index in [4.69, 9.17) is 14.5 Å². The molecule has 1 aliphatic carbocycles. The van der Waals surface area contributed by atoms with Gasteiger partial charge in [0.2, 0.25) is 0 Å². The van der Waals surface area contributed by atoms with E-state index < -0.39 is 11.9 Å². The number of amides is 1. The topological polar surface area (TPSA) is 90.4 Å². The number of hydrogen-bond donors (Lipinski definition) is 1. The number of carbonyl (C=O) groups excluding carboxylic acids is 2. The minimum absolute atomic E-state index is 0.0898. The lowest BCUT2D eigenvalue weighted by atomic mass is 9.84. The van der Waals surface area contributed by atoms with Crippen molar-refractivity contribution in [2.24, 2.45) is 5.92 Å². The van der Waals surface area contributed by atoms with Crippen LogP contribution in [0.1, 0.15) is 79.7 Å². The Bertz CT molecular complexity index is 1550. The third kappa shape index (κ3) is 8.75. The van der Waals surface area contributed by atoms with Gasteiger partial charge < -0.3 is 14.8 Å². The number of aromatic nitrogens is 2. The quantitative estimate of drug-likeness (QED) is 0.252. The standard InChI is InChI=1S/C37H43N3O4/c1-7-43-33(41)23-38-36(42)34-35(44-24-28-13-9-8-10-14-28)26(3)39-32(40-34)22-27-15-11-12-25(2)31(21-16-27)29-17-19-30(20-18-29)37(4,5)6/h8-11,13-21,25H,7,12,22-24H2,1-6H3,(H,38,42). The number of ether oxygens (including phenoxy) is 2.